The Hall–Kier alpha value is -3.28. The second-order valence-electron chi connectivity index (χ2n) is 7.56. The van der Waals surface area contributed by atoms with Gasteiger partial charge in [0.05, 0.1) is 16.8 Å². The topological polar surface area (TPSA) is 68.3 Å². The van der Waals surface area contributed by atoms with Gasteiger partial charge in [0.1, 0.15) is 5.82 Å². The van der Waals surface area contributed by atoms with Crippen molar-refractivity contribution < 1.29 is 18.7 Å². The number of rotatable bonds is 5. The van der Waals surface area contributed by atoms with E-state index in [2.05, 4.69) is 10.3 Å². The fourth-order valence-electron chi connectivity index (χ4n) is 3.84. The van der Waals surface area contributed by atoms with Crippen LogP contribution in [0.4, 0.5) is 4.39 Å². The molecule has 0 atom stereocenters. The molecule has 0 saturated heterocycles. The van der Waals surface area contributed by atoms with E-state index in [-0.39, 0.29) is 24.4 Å². The second kappa shape index (κ2) is 9.03. The highest BCUT2D eigenvalue weighted by Crippen LogP contribution is 2.25. The molecular weight excluding hydrogens is 383 g/mol. The van der Waals surface area contributed by atoms with E-state index in [1.54, 1.807) is 30.3 Å². The van der Waals surface area contributed by atoms with Gasteiger partial charge in [0.25, 0.3) is 5.91 Å². The highest BCUT2D eigenvalue weighted by molar-refractivity contribution is 6.05. The molecule has 1 fully saturated rings. The number of pyridine rings is 1. The molecule has 3 aromatic rings. The van der Waals surface area contributed by atoms with Crippen molar-refractivity contribution in [2.45, 2.75) is 38.1 Å². The molecule has 2 aromatic carbocycles. The van der Waals surface area contributed by atoms with Crippen molar-refractivity contribution in [1.29, 1.82) is 0 Å². The number of hydrogen-bond acceptors (Lipinski definition) is 4. The van der Waals surface area contributed by atoms with E-state index in [0.717, 1.165) is 25.7 Å². The predicted molar refractivity (Wildman–Crippen MR) is 112 cm³/mol. The van der Waals surface area contributed by atoms with E-state index in [1.807, 2.05) is 12.1 Å². The maximum absolute atomic E-state index is 13.3. The number of nitrogens with one attached hydrogen (secondary N) is 1. The second-order valence-corrected chi connectivity index (χ2v) is 7.56. The minimum absolute atomic E-state index is 0.164. The zero-order valence-electron chi connectivity index (χ0n) is 16.6. The largest absolute Gasteiger partial charge is 0.452 e. The van der Waals surface area contributed by atoms with E-state index in [0.29, 0.717) is 27.7 Å². The number of nitrogens with zero attached hydrogens (tertiary/aromatic N) is 1. The Balaban J connectivity index is 1.53. The molecule has 1 saturated carbocycles. The lowest BCUT2D eigenvalue weighted by Crippen LogP contribution is -2.38. The van der Waals surface area contributed by atoms with Crippen LogP contribution in [0, 0.1) is 5.82 Å². The van der Waals surface area contributed by atoms with E-state index >= 15 is 0 Å². The summed E-state index contributed by atoms with van der Waals surface area (Å²) in [5.74, 6) is -1.22. The van der Waals surface area contributed by atoms with Crippen molar-refractivity contribution in [2.75, 3.05) is 6.61 Å². The van der Waals surface area contributed by atoms with E-state index < -0.39 is 5.97 Å². The molecule has 1 aliphatic carbocycles. The Morgan fingerprint density at radius 3 is 2.53 bits per heavy atom. The smallest absolute Gasteiger partial charge is 0.339 e. The van der Waals surface area contributed by atoms with Crippen LogP contribution in [-0.2, 0) is 9.53 Å². The Morgan fingerprint density at radius 1 is 1.03 bits per heavy atom. The third-order valence-corrected chi connectivity index (χ3v) is 5.38. The lowest BCUT2D eigenvalue weighted by Gasteiger charge is -2.22. The summed E-state index contributed by atoms with van der Waals surface area (Å²) in [6.45, 7) is -0.322. The lowest BCUT2D eigenvalue weighted by atomic mass is 9.95. The van der Waals surface area contributed by atoms with Crippen LogP contribution < -0.4 is 5.32 Å². The SMILES string of the molecule is O=C(COC(=O)c1cc(-c2ccc(F)cc2)nc2ccccc12)NC1CCCCC1. The van der Waals surface area contributed by atoms with Crippen molar-refractivity contribution in [3.8, 4) is 11.3 Å². The maximum Gasteiger partial charge on any atom is 0.339 e. The van der Waals surface area contributed by atoms with Crippen LogP contribution in [0.2, 0.25) is 0 Å². The third kappa shape index (κ3) is 4.64. The van der Waals surface area contributed by atoms with Gasteiger partial charge in [-0.3, -0.25) is 4.79 Å². The fraction of sp³-hybridized carbons (Fsp3) is 0.292. The lowest BCUT2D eigenvalue weighted by molar-refractivity contribution is -0.125. The first-order valence-corrected chi connectivity index (χ1v) is 10.2. The summed E-state index contributed by atoms with van der Waals surface area (Å²) >= 11 is 0. The summed E-state index contributed by atoms with van der Waals surface area (Å²) in [4.78, 5) is 29.6. The van der Waals surface area contributed by atoms with Crippen molar-refractivity contribution in [2.24, 2.45) is 0 Å². The maximum atomic E-state index is 13.3. The molecule has 0 spiro atoms. The molecule has 1 amide bonds. The molecule has 6 heteroatoms. The molecule has 5 nitrogen and oxygen atoms in total. The van der Waals surface area contributed by atoms with Gasteiger partial charge in [-0.05, 0) is 49.2 Å². The number of fused-ring (bicyclic) bond motifs is 1. The molecule has 30 heavy (non-hydrogen) atoms. The van der Waals surface area contributed by atoms with Gasteiger partial charge >= 0.3 is 5.97 Å². The van der Waals surface area contributed by atoms with Crippen LogP contribution in [0.25, 0.3) is 22.2 Å². The number of para-hydroxylation sites is 1. The summed E-state index contributed by atoms with van der Waals surface area (Å²) in [6, 6.07) is 14.9. The van der Waals surface area contributed by atoms with Crippen LogP contribution in [-0.4, -0.2) is 29.5 Å². The number of carbonyl (C=O) groups is 2. The molecule has 1 N–H and O–H groups in total. The average Bonchev–Trinajstić information content (AvgIpc) is 2.78. The number of hydrogen-bond donors (Lipinski definition) is 1. The van der Waals surface area contributed by atoms with Gasteiger partial charge in [-0.25, -0.2) is 14.2 Å². The molecule has 0 radical (unpaired) electrons. The van der Waals surface area contributed by atoms with Crippen molar-refractivity contribution in [3.05, 3.63) is 66.0 Å². The number of ether oxygens (including phenoxy) is 1. The Bertz CT molecular complexity index is 1060. The van der Waals surface area contributed by atoms with Crippen LogP contribution in [0.5, 0.6) is 0 Å². The van der Waals surface area contributed by atoms with E-state index in [1.165, 1.54) is 18.6 Å². The summed E-state index contributed by atoms with van der Waals surface area (Å²) < 4.78 is 18.6. The fourth-order valence-corrected chi connectivity index (χ4v) is 3.84. The Kier molecular flexibility index (Phi) is 6.02. The molecule has 1 aromatic heterocycles. The van der Waals surface area contributed by atoms with Crippen LogP contribution >= 0.6 is 0 Å². The van der Waals surface area contributed by atoms with Crippen molar-refractivity contribution in [3.63, 3.8) is 0 Å². The third-order valence-electron chi connectivity index (χ3n) is 5.38. The van der Waals surface area contributed by atoms with Gasteiger partial charge in [-0.2, -0.15) is 0 Å². The quantitative estimate of drug-likeness (QED) is 0.627. The monoisotopic (exact) mass is 406 g/mol. The number of benzene rings is 2. The number of carbonyl (C=O) groups excluding carboxylic acids is 2. The van der Waals surface area contributed by atoms with E-state index in [4.69, 9.17) is 4.74 Å². The zero-order chi connectivity index (χ0) is 20.9. The highest BCUT2D eigenvalue weighted by Gasteiger charge is 2.19. The minimum Gasteiger partial charge on any atom is -0.452 e. The van der Waals surface area contributed by atoms with Crippen molar-refractivity contribution in [1.82, 2.24) is 10.3 Å². The molecular formula is C24H23FN2O3. The molecule has 1 aliphatic rings. The molecule has 154 valence electrons. The van der Waals surface area contributed by atoms with Crippen LogP contribution in [0.15, 0.2) is 54.6 Å². The highest BCUT2D eigenvalue weighted by atomic mass is 19.1. The van der Waals surface area contributed by atoms with Gasteiger partial charge in [-0.1, -0.05) is 37.5 Å². The first-order valence-electron chi connectivity index (χ1n) is 10.2. The van der Waals surface area contributed by atoms with E-state index in [9.17, 15) is 14.0 Å². The average molecular weight is 406 g/mol. The summed E-state index contributed by atoms with van der Waals surface area (Å²) in [5, 5.41) is 3.58. The Labute approximate surface area is 174 Å². The van der Waals surface area contributed by atoms with Crippen LogP contribution in [0.3, 0.4) is 0 Å². The zero-order valence-corrected chi connectivity index (χ0v) is 16.6. The van der Waals surface area contributed by atoms with Gasteiger partial charge in [0.2, 0.25) is 0 Å². The van der Waals surface area contributed by atoms with Gasteiger partial charge < -0.3 is 10.1 Å². The Morgan fingerprint density at radius 2 is 1.77 bits per heavy atom. The summed E-state index contributed by atoms with van der Waals surface area (Å²) in [7, 11) is 0. The molecule has 0 unspecified atom stereocenters. The first kappa shape index (κ1) is 20.0. The van der Waals surface area contributed by atoms with Gasteiger partial charge in [-0.15, -0.1) is 0 Å². The standard InChI is InChI=1S/C24H23FN2O3/c25-17-12-10-16(11-13-17)22-14-20(19-8-4-5-9-21(19)27-22)24(29)30-15-23(28)26-18-6-2-1-3-7-18/h4-5,8-14,18H,1-3,6-7,15H2,(H,26,28). The van der Waals surface area contributed by atoms with Gasteiger partial charge in [0, 0.05) is 17.0 Å². The molecule has 0 aliphatic heterocycles. The number of aromatic nitrogens is 1. The van der Waals surface area contributed by atoms with Gasteiger partial charge in [0.15, 0.2) is 6.61 Å². The molecule has 1 heterocycles. The number of halogens is 1. The molecule has 4 rings (SSSR count). The molecule has 0 bridgehead atoms. The summed E-state index contributed by atoms with van der Waals surface area (Å²) in [5.41, 5.74) is 2.17. The number of amides is 1. The normalized spacial score (nSPS) is 14.4. The van der Waals surface area contributed by atoms with Crippen molar-refractivity contribution >= 4 is 22.8 Å². The minimum atomic E-state index is -0.587. The predicted octanol–water partition coefficient (Wildman–Crippen LogP) is 4.65. The van der Waals surface area contributed by atoms with Crippen LogP contribution in [0.1, 0.15) is 42.5 Å². The summed E-state index contributed by atoms with van der Waals surface area (Å²) in [6.07, 6.45) is 5.36. The first-order chi connectivity index (χ1) is 14.6. The number of esters is 1.